The van der Waals surface area contributed by atoms with Gasteiger partial charge in [0.2, 0.25) is 5.91 Å². The standard InChI is InChI=1S/C29H37Cl2N3O3/c1-32(2)15-16-33(3)29(36)37-24-11-9-20(10-12-24)22-18-26(30)25(27(31)19-22)17-21-13-14-34(28(21)35)23-7-5-4-6-8-23/h9-12,18-19,21,23H,4-8,13-17H2,1-3H3. The molecular weight excluding hydrogens is 509 g/mol. The lowest BCUT2D eigenvalue weighted by molar-refractivity contribution is -0.133. The number of hydrogen-bond donors (Lipinski definition) is 0. The third-order valence-electron chi connectivity index (χ3n) is 7.54. The van der Waals surface area contributed by atoms with Crippen LogP contribution < -0.4 is 4.74 Å². The monoisotopic (exact) mass is 545 g/mol. The Kier molecular flexibility index (Phi) is 9.38. The SMILES string of the molecule is CN(C)CCN(C)C(=O)Oc1ccc(-c2cc(Cl)c(CC3CCN(C4CCCCC4)C3=O)c(Cl)c2)cc1. The largest absolute Gasteiger partial charge is 0.415 e. The molecule has 2 fully saturated rings. The normalized spacial score (nSPS) is 18.5. The van der Waals surface area contributed by atoms with E-state index in [1.54, 1.807) is 24.1 Å². The van der Waals surface area contributed by atoms with Crippen molar-refractivity contribution in [1.29, 1.82) is 0 Å². The van der Waals surface area contributed by atoms with Crippen molar-refractivity contribution in [3.63, 3.8) is 0 Å². The first-order valence-corrected chi connectivity index (χ1v) is 13.9. The number of nitrogens with zero attached hydrogens (tertiary/aromatic N) is 3. The molecule has 0 radical (unpaired) electrons. The van der Waals surface area contributed by atoms with E-state index in [0.29, 0.717) is 34.8 Å². The summed E-state index contributed by atoms with van der Waals surface area (Å²) in [7, 11) is 5.64. The fourth-order valence-electron chi connectivity index (χ4n) is 5.25. The van der Waals surface area contributed by atoms with E-state index < -0.39 is 6.09 Å². The molecule has 200 valence electrons. The maximum absolute atomic E-state index is 13.1. The van der Waals surface area contributed by atoms with Crippen LogP contribution in [0.1, 0.15) is 44.1 Å². The molecule has 1 unspecified atom stereocenters. The number of carbonyl (C=O) groups excluding carboxylic acids is 2. The van der Waals surface area contributed by atoms with Crippen LogP contribution in [0.15, 0.2) is 36.4 Å². The van der Waals surface area contributed by atoms with Crippen LogP contribution in [-0.2, 0) is 11.2 Å². The molecule has 1 atom stereocenters. The molecule has 2 aromatic carbocycles. The van der Waals surface area contributed by atoms with Gasteiger partial charge in [-0.15, -0.1) is 0 Å². The first-order chi connectivity index (χ1) is 17.7. The Labute approximate surface area is 230 Å². The molecule has 8 heteroatoms. The summed E-state index contributed by atoms with van der Waals surface area (Å²) in [4.78, 5) is 31.1. The van der Waals surface area contributed by atoms with Gasteiger partial charge >= 0.3 is 6.09 Å². The summed E-state index contributed by atoms with van der Waals surface area (Å²) < 4.78 is 5.48. The Morgan fingerprint density at radius 2 is 1.59 bits per heavy atom. The van der Waals surface area contributed by atoms with Crippen LogP contribution in [0, 0.1) is 5.92 Å². The van der Waals surface area contributed by atoms with E-state index in [4.69, 9.17) is 27.9 Å². The lowest BCUT2D eigenvalue weighted by atomic mass is 9.93. The quantitative estimate of drug-likeness (QED) is 0.386. The van der Waals surface area contributed by atoms with Crippen LogP contribution in [0.25, 0.3) is 11.1 Å². The van der Waals surface area contributed by atoms with Gasteiger partial charge in [-0.3, -0.25) is 4.79 Å². The third kappa shape index (κ3) is 6.98. The highest BCUT2D eigenvalue weighted by Gasteiger charge is 2.36. The minimum absolute atomic E-state index is 0.0624. The molecule has 1 aliphatic heterocycles. The fourth-order valence-corrected chi connectivity index (χ4v) is 5.90. The second-order valence-corrected chi connectivity index (χ2v) is 11.4. The van der Waals surface area contributed by atoms with E-state index >= 15 is 0 Å². The van der Waals surface area contributed by atoms with Gasteiger partial charge in [-0.1, -0.05) is 54.6 Å². The average molecular weight is 547 g/mol. The van der Waals surface area contributed by atoms with Gasteiger partial charge in [0.05, 0.1) is 0 Å². The van der Waals surface area contributed by atoms with Crippen LogP contribution >= 0.6 is 23.2 Å². The van der Waals surface area contributed by atoms with Crippen molar-refractivity contribution in [2.75, 3.05) is 40.8 Å². The van der Waals surface area contributed by atoms with E-state index in [2.05, 4.69) is 4.90 Å². The predicted molar refractivity (Wildman–Crippen MR) is 150 cm³/mol. The summed E-state index contributed by atoms with van der Waals surface area (Å²) in [6.07, 6.45) is 6.99. The maximum atomic E-state index is 13.1. The van der Waals surface area contributed by atoms with Crippen LogP contribution in [-0.4, -0.2) is 73.5 Å². The van der Waals surface area contributed by atoms with Gasteiger partial charge in [0.15, 0.2) is 0 Å². The van der Waals surface area contributed by atoms with Crippen LogP contribution in [0.3, 0.4) is 0 Å². The Hall–Kier alpha value is -2.28. The van der Waals surface area contributed by atoms with E-state index in [1.165, 1.54) is 19.3 Å². The average Bonchev–Trinajstić information content (AvgIpc) is 3.25. The van der Waals surface area contributed by atoms with Crippen molar-refractivity contribution >= 4 is 35.2 Å². The zero-order chi connectivity index (χ0) is 26.5. The molecule has 1 heterocycles. The van der Waals surface area contributed by atoms with E-state index in [9.17, 15) is 9.59 Å². The van der Waals surface area contributed by atoms with Crippen molar-refractivity contribution in [2.45, 2.75) is 51.0 Å². The van der Waals surface area contributed by atoms with Gasteiger partial charge in [-0.05, 0) is 80.7 Å². The van der Waals surface area contributed by atoms with Crippen LogP contribution in [0.5, 0.6) is 5.75 Å². The topological polar surface area (TPSA) is 53.1 Å². The maximum Gasteiger partial charge on any atom is 0.415 e. The lowest BCUT2D eigenvalue weighted by Gasteiger charge is -2.31. The molecule has 2 aliphatic rings. The second-order valence-electron chi connectivity index (χ2n) is 10.5. The number of ether oxygens (including phenoxy) is 1. The van der Waals surface area contributed by atoms with Crippen molar-refractivity contribution in [3.8, 4) is 16.9 Å². The van der Waals surface area contributed by atoms with Gasteiger partial charge in [0.1, 0.15) is 5.75 Å². The first-order valence-electron chi connectivity index (χ1n) is 13.2. The van der Waals surface area contributed by atoms with Gasteiger partial charge in [-0.2, -0.15) is 0 Å². The predicted octanol–water partition coefficient (Wildman–Crippen LogP) is 6.38. The summed E-state index contributed by atoms with van der Waals surface area (Å²) in [6.45, 7) is 2.18. The number of carbonyl (C=O) groups is 2. The van der Waals surface area contributed by atoms with Crippen molar-refractivity contribution in [3.05, 3.63) is 52.0 Å². The number of likely N-dealkylation sites (tertiary alicyclic amines) is 1. The van der Waals surface area contributed by atoms with E-state index in [0.717, 1.165) is 49.0 Å². The van der Waals surface area contributed by atoms with Crippen LogP contribution in [0.2, 0.25) is 10.0 Å². The first kappa shape index (κ1) is 27.7. The van der Waals surface area contributed by atoms with Gasteiger partial charge < -0.3 is 19.4 Å². The Morgan fingerprint density at radius 3 is 2.22 bits per heavy atom. The second kappa shape index (κ2) is 12.5. The minimum Gasteiger partial charge on any atom is -0.410 e. The molecule has 6 nitrogen and oxygen atoms in total. The van der Waals surface area contributed by atoms with Gasteiger partial charge in [0, 0.05) is 48.7 Å². The summed E-state index contributed by atoms with van der Waals surface area (Å²) in [5.41, 5.74) is 2.63. The Morgan fingerprint density at radius 1 is 0.946 bits per heavy atom. The lowest BCUT2D eigenvalue weighted by Crippen LogP contribution is -2.39. The zero-order valence-electron chi connectivity index (χ0n) is 22.0. The summed E-state index contributed by atoms with van der Waals surface area (Å²) in [5.74, 6) is 0.662. The van der Waals surface area contributed by atoms with Gasteiger partial charge in [0.25, 0.3) is 0 Å². The number of benzene rings is 2. The van der Waals surface area contributed by atoms with Gasteiger partial charge in [-0.25, -0.2) is 4.79 Å². The number of likely N-dealkylation sites (N-methyl/N-ethyl adjacent to an activating group) is 2. The molecule has 2 aromatic rings. The summed E-state index contributed by atoms with van der Waals surface area (Å²) in [6, 6.07) is 11.5. The molecule has 2 amide bonds. The smallest absolute Gasteiger partial charge is 0.410 e. The molecule has 1 saturated carbocycles. The highest BCUT2D eigenvalue weighted by atomic mass is 35.5. The number of halogens is 2. The van der Waals surface area contributed by atoms with E-state index in [1.807, 2.05) is 43.3 Å². The Balaban J connectivity index is 1.39. The molecule has 0 N–H and O–H groups in total. The highest BCUT2D eigenvalue weighted by molar-refractivity contribution is 6.36. The Bertz CT molecular complexity index is 1080. The number of rotatable bonds is 8. The minimum atomic E-state index is -0.395. The number of amides is 2. The van der Waals surface area contributed by atoms with Crippen molar-refractivity contribution in [2.24, 2.45) is 5.92 Å². The molecule has 1 saturated heterocycles. The number of hydrogen-bond acceptors (Lipinski definition) is 4. The highest BCUT2D eigenvalue weighted by Crippen LogP contribution is 2.37. The van der Waals surface area contributed by atoms with Crippen molar-refractivity contribution in [1.82, 2.24) is 14.7 Å². The fraction of sp³-hybridized carbons (Fsp3) is 0.517. The molecule has 1 aliphatic carbocycles. The molecular formula is C29H37Cl2N3O3. The van der Waals surface area contributed by atoms with Crippen LogP contribution in [0.4, 0.5) is 4.79 Å². The molecule has 0 bridgehead atoms. The summed E-state index contributed by atoms with van der Waals surface area (Å²) in [5, 5.41) is 1.15. The molecule has 0 spiro atoms. The molecule has 4 rings (SSSR count). The third-order valence-corrected chi connectivity index (χ3v) is 8.22. The van der Waals surface area contributed by atoms with Crippen molar-refractivity contribution < 1.29 is 14.3 Å². The summed E-state index contributed by atoms with van der Waals surface area (Å²) >= 11 is 13.4. The molecule has 0 aromatic heterocycles. The molecule has 37 heavy (non-hydrogen) atoms. The zero-order valence-corrected chi connectivity index (χ0v) is 23.5. The van der Waals surface area contributed by atoms with E-state index in [-0.39, 0.29) is 11.8 Å².